The monoisotopic (exact) mass is 317 g/mol. The SMILES string of the molecule is CCNC(=O)CN(CC)C(=O)N1C(CC)SCC1C(=O)O. The maximum Gasteiger partial charge on any atom is 0.327 e. The molecule has 1 saturated heterocycles. The number of hydrogen-bond donors (Lipinski definition) is 2. The van der Waals surface area contributed by atoms with Crippen LogP contribution in [0.3, 0.4) is 0 Å². The van der Waals surface area contributed by atoms with Crippen molar-refractivity contribution >= 4 is 29.7 Å². The molecular formula is C13H23N3O4S. The Morgan fingerprint density at radius 3 is 2.48 bits per heavy atom. The smallest absolute Gasteiger partial charge is 0.327 e. The number of hydrogen-bond acceptors (Lipinski definition) is 4. The Bertz CT molecular complexity index is 405. The quantitative estimate of drug-likeness (QED) is 0.756. The highest BCUT2D eigenvalue weighted by Crippen LogP contribution is 2.32. The molecule has 7 nitrogen and oxygen atoms in total. The molecule has 0 aliphatic carbocycles. The van der Waals surface area contributed by atoms with E-state index in [2.05, 4.69) is 5.32 Å². The third-order valence-electron chi connectivity index (χ3n) is 3.31. The topological polar surface area (TPSA) is 90.0 Å². The van der Waals surface area contributed by atoms with Crippen molar-refractivity contribution in [1.82, 2.24) is 15.1 Å². The van der Waals surface area contributed by atoms with E-state index in [1.807, 2.05) is 6.92 Å². The van der Waals surface area contributed by atoms with Crippen molar-refractivity contribution < 1.29 is 19.5 Å². The van der Waals surface area contributed by atoms with E-state index in [1.54, 1.807) is 13.8 Å². The molecule has 21 heavy (non-hydrogen) atoms. The lowest BCUT2D eigenvalue weighted by atomic mass is 10.2. The van der Waals surface area contributed by atoms with Gasteiger partial charge in [0.25, 0.3) is 0 Å². The van der Waals surface area contributed by atoms with Gasteiger partial charge in [-0.25, -0.2) is 9.59 Å². The molecule has 3 amide bonds. The van der Waals surface area contributed by atoms with Gasteiger partial charge in [0.15, 0.2) is 0 Å². The normalized spacial score (nSPS) is 21.2. The fourth-order valence-electron chi connectivity index (χ4n) is 2.23. The number of rotatable bonds is 6. The van der Waals surface area contributed by atoms with Crippen LogP contribution in [0.1, 0.15) is 27.2 Å². The number of urea groups is 1. The number of carboxylic acid groups (broad SMARTS) is 1. The largest absolute Gasteiger partial charge is 0.480 e. The van der Waals surface area contributed by atoms with Crippen molar-refractivity contribution in [3.63, 3.8) is 0 Å². The molecular weight excluding hydrogens is 294 g/mol. The van der Waals surface area contributed by atoms with E-state index in [0.29, 0.717) is 25.3 Å². The van der Waals surface area contributed by atoms with Gasteiger partial charge in [-0.15, -0.1) is 11.8 Å². The second-order valence-corrected chi connectivity index (χ2v) is 5.92. The molecule has 1 heterocycles. The van der Waals surface area contributed by atoms with Crippen LogP contribution in [0.4, 0.5) is 4.79 Å². The van der Waals surface area contributed by atoms with Gasteiger partial charge in [0, 0.05) is 18.8 Å². The number of carboxylic acids is 1. The van der Waals surface area contributed by atoms with Gasteiger partial charge in [-0.2, -0.15) is 0 Å². The van der Waals surface area contributed by atoms with E-state index >= 15 is 0 Å². The lowest BCUT2D eigenvalue weighted by Gasteiger charge is -2.32. The van der Waals surface area contributed by atoms with Crippen LogP contribution < -0.4 is 5.32 Å². The minimum Gasteiger partial charge on any atom is -0.480 e. The fourth-order valence-corrected chi connectivity index (χ4v) is 3.57. The Morgan fingerprint density at radius 1 is 1.33 bits per heavy atom. The van der Waals surface area contributed by atoms with Crippen molar-refractivity contribution in [2.75, 3.05) is 25.4 Å². The Kier molecular flexibility index (Phi) is 6.80. The number of aliphatic carboxylic acids is 1. The van der Waals surface area contributed by atoms with E-state index in [1.165, 1.54) is 21.6 Å². The van der Waals surface area contributed by atoms with Crippen LogP contribution in [0.2, 0.25) is 0 Å². The maximum absolute atomic E-state index is 12.6. The number of carbonyl (C=O) groups excluding carboxylic acids is 2. The number of carbonyl (C=O) groups is 3. The summed E-state index contributed by atoms with van der Waals surface area (Å²) in [5.41, 5.74) is 0. The Labute approximate surface area is 129 Å². The van der Waals surface area contributed by atoms with E-state index in [0.717, 1.165) is 0 Å². The molecule has 0 radical (unpaired) electrons. The van der Waals surface area contributed by atoms with Crippen LogP contribution in [0.15, 0.2) is 0 Å². The van der Waals surface area contributed by atoms with Crippen LogP contribution in [-0.2, 0) is 9.59 Å². The van der Waals surface area contributed by atoms with E-state index in [-0.39, 0.29) is 23.9 Å². The number of nitrogens with zero attached hydrogens (tertiary/aromatic N) is 2. The average Bonchev–Trinajstić information content (AvgIpc) is 2.88. The predicted octanol–water partition coefficient (Wildman–Crippen LogP) is 0.803. The van der Waals surface area contributed by atoms with Crippen LogP contribution in [0.25, 0.3) is 0 Å². The molecule has 0 bridgehead atoms. The van der Waals surface area contributed by atoms with Gasteiger partial charge in [0.1, 0.15) is 12.6 Å². The summed E-state index contributed by atoms with van der Waals surface area (Å²) >= 11 is 1.47. The number of thioether (sulfide) groups is 1. The first kappa shape index (κ1) is 17.6. The lowest BCUT2D eigenvalue weighted by molar-refractivity contribution is -0.141. The molecule has 1 aliphatic heterocycles. The van der Waals surface area contributed by atoms with Gasteiger partial charge in [-0.3, -0.25) is 9.69 Å². The van der Waals surface area contributed by atoms with Crippen molar-refractivity contribution in [2.45, 2.75) is 38.6 Å². The second kappa shape index (κ2) is 8.11. The first-order valence-electron chi connectivity index (χ1n) is 7.14. The highest BCUT2D eigenvalue weighted by Gasteiger charge is 2.42. The summed E-state index contributed by atoms with van der Waals surface area (Å²) in [6.07, 6.45) is 0.679. The van der Waals surface area contributed by atoms with Crippen LogP contribution in [-0.4, -0.2) is 69.6 Å². The zero-order valence-corrected chi connectivity index (χ0v) is 13.5. The van der Waals surface area contributed by atoms with E-state index in [9.17, 15) is 19.5 Å². The van der Waals surface area contributed by atoms with E-state index in [4.69, 9.17) is 0 Å². The summed E-state index contributed by atoms with van der Waals surface area (Å²) in [5, 5.41) is 11.8. The molecule has 1 aliphatic rings. The van der Waals surface area contributed by atoms with E-state index < -0.39 is 12.0 Å². The summed E-state index contributed by atoms with van der Waals surface area (Å²) in [4.78, 5) is 38.3. The zero-order chi connectivity index (χ0) is 16.0. The molecule has 1 fully saturated rings. The van der Waals surface area contributed by atoms with Crippen LogP contribution in [0, 0.1) is 0 Å². The first-order valence-corrected chi connectivity index (χ1v) is 8.19. The zero-order valence-electron chi connectivity index (χ0n) is 12.7. The van der Waals surface area contributed by atoms with Gasteiger partial charge in [-0.1, -0.05) is 6.92 Å². The Balaban J connectivity index is 2.84. The molecule has 2 N–H and O–H groups in total. The molecule has 0 aromatic rings. The van der Waals surface area contributed by atoms with Gasteiger partial charge < -0.3 is 15.3 Å². The molecule has 2 atom stereocenters. The minimum absolute atomic E-state index is 0.0485. The molecule has 0 aromatic heterocycles. The van der Waals surface area contributed by atoms with Crippen LogP contribution in [0.5, 0.6) is 0 Å². The number of likely N-dealkylation sites (N-methyl/N-ethyl adjacent to an activating group) is 2. The summed E-state index contributed by atoms with van der Waals surface area (Å²) in [6, 6.07) is -1.20. The van der Waals surface area contributed by atoms with Crippen molar-refractivity contribution in [1.29, 1.82) is 0 Å². The van der Waals surface area contributed by atoms with Gasteiger partial charge in [0.2, 0.25) is 5.91 Å². The first-order chi connectivity index (χ1) is 9.96. The molecule has 8 heteroatoms. The van der Waals surface area contributed by atoms with Crippen LogP contribution >= 0.6 is 11.8 Å². The minimum atomic E-state index is -0.999. The summed E-state index contributed by atoms with van der Waals surface area (Å²) in [7, 11) is 0. The summed E-state index contributed by atoms with van der Waals surface area (Å²) < 4.78 is 0. The molecule has 1 rings (SSSR count). The third kappa shape index (κ3) is 4.26. The molecule has 0 saturated carbocycles. The molecule has 0 aromatic carbocycles. The molecule has 120 valence electrons. The number of amides is 3. The highest BCUT2D eigenvalue weighted by atomic mass is 32.2. The van der Waals surface area contributed by atoms with Crippen molar-refractivity contribution in [2.24, 2.45) is 0 Å². The summed E-state index contributed by atoms with van der Waals surface area (Å²) in [6.45, 7) is 6.31. The highest BCUT2D eigenvalue weighted by molar-refractivity contribution is 8.00. The maximum atomic E-state index is 12.6. The van der Waals surface area contributed by atoms with Crippen molar-refractivity contribution in [3.05, 3.63) is 0 Å². The molecule has 2 unspecified atom stereocenters. The fraction of sp³-hybridized carbons (Fsp3) is 0.769. The second-order valence-electron chi connectivity index (χ2n) is 4.71. The van der Waals surface area contributed by atoms with Gasteiger partial charge in [-0.05, 0) is 20.3 Å². The van der Waals surface area contributed by atoms with Gasteiger partial charge in [0.05, 0.1) is 5.37 Å². The average molecular weight is 317 g/mol. The standard InChI is InChI=1S/C13H23N3O4S/c1-4-11-16(9(8-21-11)12(18)19)13(20)15(6-3)7-10(17)14-5-2/h9,11H,4-8H2,1-3H3,(H,14,17)(H,18,19). The molecule has 0 spiro atoms. The third-order valence-corrected chi connectivity index (χ3v) is 4.76. The van der Waals surface area contributed by atoms with Crippen molar-refractivity contribution in [3.8, 4) is 0 Å². The van der Waals surface area contributed by atoms with Gasteiger partial charge >= 0.3 is 12.0 Å². The number of nitrogens with one attached hydrogen (secondary N) is 1. The Hall–Kier alpha value is -1.44. The predicted molar refractivity (Wildman–Crippen MR) is 81.1 cm³/mol. The summed E-state index contributed by atoms with van der Waals surface area (Å²) in [5.74, 6) is -0.849. The lowest BCUT2D eigenvalue weighted by Crippen LogP contribution is -2.53. The Morgan fingerprint density at radius 2 is 2.00 bits per heavy atom.